The third-order valence-corrected chi connectivity index (χ3v) is 5.15. The molecule has 0 heteroatoms. The Balaban J connectivity index is 1.71. The van der Waals surface area contributed by atoms with E-state index >= 15 is 0 Å². The first kappa shape index (κ1) is 15.6. The summed E-state index contributed by atoms with van der Waals surface area (Å²) in [5, 5.41) is 0. The van der Waals surface area contributed by atoms with Crippen LogP contribution in [-0.4, -0.2) is 0 Å². The van der Waals surface area contributed by atoms with Crippen LogP contribution in [0.15, 0.2) is 36.4 Å². The standard InChI is InChI=1S/C22H30/c1-2-4-6-8-10-12-20-17-21-15-13-19(11-9-7-5-3-1)14-16-22(21)18-20/h13-18H,1-12H2. The summed E-state index contributed by atoms with van der Waals surface area (Å²) in [7, 11) is 0. The van der Waals surface area contributed by atoms with Crippen LogP contribution in [0.5, 0.6) is 0 Å². The lowest BCUT2D eigenvalue weighted by molar-refractivity contribution is 0.551. The molecule has 0 N–H and O–H groups in total. The van der Waals surface area contributed by atoms with Crippen LogP contribution in [0.1, 0.15) is 75.3 Å². The van der Waals surface area contributed by atoms with Gasteiger partial charge in [-0.1, -0.05) is 87.8 Å². The van der Waals surface area contributed by atoms with Crippen molar-refractivity contribution in [3.8, 4) is 11.1 Å². The molecule has 0 fully saturated rings. The molecule has 0 aromatic heterocycles. The minimum atomic E-state index is 1.24. The molecule has 0 aromatic carbocycles. The van der Waals surface area contributed by atoms with Gasteiger partial charge in [0, 0.05) is 0 Å². The lowest BCUT2D eigenvalue weighted by Gasteiger charge is -2.03. The summed E-state index contributed by atoms with van der Waals surface area (Å²) in [4.78, 5) is 0. The molecule has 4 rings (SSSR count). The van der Waals surface area contributed by atoms with Crippen molar-refractivity contribution in [2.24, 2.45) is 0 Å². The fraction of sp³-hybridized carbons (Fsp3) is 0.545. The second-order valence-corrected chi connectivity index (χ2v) is 7.05. The van der Waals surface area contributed by atoms with Crippen LogP contribution in [0.2, 0.25) is 0 Å². The molecular formula is C22H30. The Morgan fingerprint density at radius 1 is 0.409 bits per heavy atom. The predicted molar refractivity (Wildman–Crippen MR) is 96.6 cm³/mol. The largest absolute Gasteiger partial charge is 0.0584 e. The van der Waals surface area contributed by atoms with Gasteiger partial charge in [0.2, 0.25) is 0 Å². The topological polar surface area (TPSA) is 0 Å². The molecule has 0 heterocycles. The number of rotatable bonds is 0. The van der Waals surface area contributed by atoms with Gasteiger partial charge >= 0.3 is 0 Å². The zero-order chi connectivity index (χ0) is 15.0. The molecule has 0 saturated carbocycles. The highest BCUT2D eigenvalue weighted by molar-refractivity contribution is 5.68. The first-order valence-corrected chi connectivity index (χ1v) is 9.43. The van der Waals surface area contributed by atoms with Gasteiger partial charge in [-0.05, 0) is 47.9 Å². The summed E-state index contributed by atoms with van der Waals surface area (Å²) < 4.78 is 0. The van der Waals surface area contributed by atoms with Crippen molar-refractivity contribution in [3.05, 3.63) is 47.5 Å². The van der Waals surface area contributed by atoms with E-state index in [1.807, 2.05) is 0 Å². The Bertz CT molecular complexity index is 494. The molecule has 4 aliphatic rings. The SMILES string of the molecule is c1cc2cc3cc-2ccc1CCCCCCCCCCCC3. The van der Waals surface area contributed by atoms with Crippen molar-refractivity contribution >= 4 is 0 Å². The van der Waals surface area contributed by atoms with Crippen LogP contribution in [-0.2, 0) is 12.8 Å². The third kappa shape index (κ3) is 4.60. The van der Waals surface area contributed by atoms with E-state index in [0.717, 1.165) is 0 Å². The number of fused-ring (bicyclic) bond motifs is 13. The van der Waals surface area contributed by atoms with Gasteiger partial charge in [0.15, 0.2) is 0 Å². The fourth-order valence-electron chi connectivity index (χ4n) is 3.73. The fourth-order valence-corrected chi connectivity index (χ4v) is 3.73. The molecule has 0 unspecified atom stereocenters. The van der Waals surface area contributed by atoms with Crippen molar-refractivity contribution in [3.63, 3.8) is 0 Å². The number of aryl methyl sites for hydroxylation is 2. The molecule has 4 bridgehead atoms. The van der Waals surface area contributed by atoms with E-state index in [2.05, 4.69) is 36.4 Å². The zero-order valence-electron chi connectivity index (χ0n) is 13.9. The van der Waals surface area contributed by atoms with E-state index in [4.69, 9.17) is 0 Å². The van der Waals surface area contributed by atoms with Crippen molar-refractivity contribution in [2.75, 3.05) is 0 Å². The van der Waals surface area contributed by atoms with Crippen molar-refractivity contribution in [1.82, 2.24) is 0 Å². The molecule has 0 saturated heterocycles. The zero-order valence-corrected chi connectivity index (χ0v) is 13.9. The Labute approximate surface area is 136 Å². The van der Waals surface area contributed by atoms with Gasteiger partial charge < -0.3 is 0 Å². The summed E-state index contributed by atoms with van der Waals surface area (Å²) in [6.07, 6.45) is 16.6. The van der Waals surface area contributed by atoms with Crippen LogP contribution >= 0.6 is 0 Å². The average Bonchev–Trinajstić information content (AvgIpc) is 2.82. The monoisotopic (exact) mass is 294 g/mol. The Morgan fingerprint density at radius 3 is 1.32 bits per heavy atom. The first-order valence-electron chi connectivity index (χ1n) is 9.43. The van der Waals surface area contributed by atoms with Crippen LogP contribution in [0.3, 0.4) is 0 Å². The third-order valence-electron chi connectivity index (χ3n) is 5.15. The van der Waals surface area contributed by atoms with E-state index in [0.29, 0.717) is 0 Å². The van der Waals surface area contributed by atoms with Gasteiger partial charge in [0.1, 0.15) is 0 Å². The maximum atomic E-state index is 2.40. The van der Waals surface area contributed by atoms with Crippen molar-refractivity contribution < 1.29 is 0 Å². The minimum Gasteiger partial charge on any atom is -0.0584 e. The van der Waals surface area contributed by atoms with E-state index in [-0.39, 0.29) is 0 Å². The Kier molecular flexibility index (Phi) is 5.93. The molecule has 22 heavy (non-hydrogen) atoms. The summed E-state index contributed by atoms with van der Waals surface area (Å²) >= 11 is 0. The highest BCUT2D eigenvalue weighted by Gasteiger charge is 2.06. The van der Waals surface area contributed by atoms with Gasteiger partial charge in [-0.15, -0.1) is 0 Å². The lowest BCUT2D eigenvalue weighted by Crippen LogP contribution is -1.86. The average molecular weight is 294 g/mol. The van der Waals surface area contributed by atoms with E-state index in [1.165, 1.54) is 99.3 Å². The summed E-state index contributed by atoms with van der Waals surface area (Å²) in [5.41, 5.74) is 5.87. The molecular weight excluding hydrogens is 264 g/mol. The van der Waals surface area contributed by atoms with E-state index in [1.54, 1.807) is 0 Å². The molecule has 0 aromatic rings. The Hall–Kier alpha value is -1.30. The highest BCUT2D eigenvalue weighted by atomic mass is 14.1. The normalized spacial score (nSPS) is 18.5. The van der Waals surface area contributed by atoms with Crippen LogP contribution in [0.4, 0.5) is 0 Å². The molecule has 4 aliphatic carbocycles. The summed E-state index contributed by atoms with van der Waals surface area (Å²) in [6.45, 7) is 0. The van der Waals surface area contributed by atoms with Crippen molar-refractivity contribution in [2.45, 2.75) is 77.0 Å². The molecule has 0 radical (unpaired) electrons. The van der Waals surface area contributed by atoms with Gasteiger partial charge in [-0.3, -0.25) is 0 Å². The Morgan fingerprint density at radius 2 is 0.818 bits per heavy atom. The van der Waals surface area contributed by atoms with Crippen molar-refractivity contribution in [1.29, 1.82) is 0 Å². The quantitative estimate of drug-likeness (QED) is 0.501. The van der Waals surface area contributed by atoms with Crippen LogP contribution < -0.4 is 0 Å². The second kappa shape index (κ2) is 8.36. The molecule has 118 valence electrons. The molecule has 0 atom stereocenters. The molecule has 0 spiro atoms. The maximum absolute atomic E-state index is 2.40. The summed E-state index contributed by atoms with van der Waals surface area (Å²) in [6, 6.07) is 14.2. The molecule has 0 amide bonds. The predicted octanol–water partition coefficient (Wildman–Crippen LogP) is 6.79. The highest BCUT2D eigenvalue weighted by Crippen LogP contribution is 2.27. The summed E-state index contributed by atoms with van der Waals surface area (Å²) in [5.74, 6) is 0. The number of hydrogen-bond donors (Lipinski definition) is 0. The van der Waals surface area contributed by atoms with Gasteiger partial charge in [-0.2, -0.15) is 0 Å². The van der Waals surface area contributed by atoms with Gasteiger partial charge in [0.25, 0.3) is 0 Å². The van der Waals surface area contributed by atoms with Crippen LogP contribution in [0, 0.1) is 0 Å². The first-order chi connectivity index (χ1) is 10.9. The minimum absolute atomic E-state index is 1.24. The molecule has 0 aliphatic heterocycles. The molecule has 0 nitrogen and oxygen atoms in total. The van der Waals surface area contributed by atoms with Crippen LogP contribution in [0.25, 0.3) is 11.1 Å². The van der Waals surface area contributed by atoms with Gasteiger partial charge in [0.05, 0.1) is 0 Å². The number of hydrogen-bond acceptors (Lipinski definition) is 0. The lowest BCUT2D eigenvalue weighted by atomic mass is 10.0. The van der Waals surface area contributed by atoms with Gasteiger partial charge in [-0.25, -0.2) is 0 Å². The van der Waals surface area contributed by atoms with E-state index in [9.17, 15) is 0 Å². The van der Waals surface area contributed by atoms with E-state index < -0.39 is 0 Å². The second-order valence-electron chi connectivity index (χ2n) is 7.05. The maximum Gasteiger partial charge on any atom is -0.0181 e. The smallest absolute Gasteiger partial charge is 0.0181 e.